The first kappa shape index (κ1) is 55.1. The summed E-state index contributed by atoms with van der Waals surface area (Å²) in [7, 11) is 0. The van der Waals surface area contributed by atoms with Crippen molar-refractivity contribution in [2.75, 3.05) is 19.6 Å². The smallest absolute Gasteiger partial charge is 0.0728 e. The van der Waals surface area contributed by atoms with E-state index in [1.165, 1.54) is 83.5 Å². The van der Waals surface area contributed by atoms with Gasteiger partial charge in [0.2, 0.25) is 0 Å². The largest absolute Gasteiger partial charge is 0.311 e. The summed E-state index contributed by atoms with van der Waals surface area (Å²) in [5.74, 6) is 0. The SMILES string of the molecule is C=C(C)/C=C\C(=C/C)N(c1ccc(C)cc1)c1ccc2c(c1)C1(c3cc(N(c4ccc(C)cc4)c4ccc(C)cc4)ccc3-2)c2cc(N(c3ccc(C)cc3)c3ccc(C)cc3)ccc2-c2ccc(N(c3ccc(C)cc3)c3ccc(C)cc3)cc21. The molecular formula is C82H72N4. The normalized spacial score (nSPS) is 12.6. The second-order valence-electron chi connectivity index (χ2n) is 23.8. The Morgan fingerprint density at radius 1 is 0.291 bits per heavy atom. The number of benzene rings is 11. The van der Waals surface area contributed by atoms with E-state index >= 15 is 0 Å². The molecule has 0 unspecified atom stereocenters. The highest BCUT2D eigenvalue weighted by Gasteiger charge is 2.53. The molecule has 4 heteroatoms. The molecule has 0 radical (unpaired) electrons. The van der Waals surface area contributed by atoms with E-state index in [2.05, 4.69) is 349 Å². The molecule has 0 heterocycles. The maximum Gasteiger partial charge on any atom is 0.0728 e. The fourth-order valence-corrected chi connectivity index (χ4v) is 12.9. The van der Waals surface area contributed by atoms with Gasteiger partial charge in [-0.25, -0.2) is 0 Å². The Kier molecular flexibility index (Phi) is 14.4. The lowest BCUT2D eigenvalue weighted by molar-refractivity contribution is 0.793. The molecular weight excluding hydrogens is 1040 g/mol. The lowest BCUT2D eigenvalue weighted by Crippen LogP contribution is -2.27. The van der Waals surface area contributed by atoms with Gasteiger partial charge in [-0.3, -0.25) is 0 Å². The Morgan fingerprint density at radius 3 is 0.756 bits per heavy atom. The van der Waals surface area contributed by atoms with Gasteiger partial charge in [-0.05, 0) is 246 Å². The van der Waals surface area contributed by atoms with Crippen molar-refractivity contribution in [1.82, 2.24) is 0 Å². The summed E-state index contributed by atoms with van der Waals surface area (Å²) in [5.41, 5.74) is 31.3. The third-order valence-electron chi connectivity index (χ3n) is 17.4. The fourth-order valence-electron chi connectivity index (χ4n) is 12.9. The maximum atomic E-state index is 4.29. The molecule has 0 aliphatic heterocycles. The molecule has 13 rings (SSSR count). The molecule has 0 saturated carbocycles. The summed E-state index contributed by atoms with van der Waals surface area (Å²) in [5, 5.41) is 0. The van der Waals surface area contributed by atoms with Gasteiger partial charge in [0.05, 0.1) is 5.41 Å². The van der Waals surface area contributed by atoms with Crippen LogP contribution in [-0.4, -0.2) is 0 Å². The predicted molar refractivity (Wildman–Crippen MR) is 366 cm³/mol. The lowest BCUT2D eigenvalue weighted by atomic mass is 9.70. The summed E-state index contributed by atoms with van der Waals surface area (Å²) < 4.78 is 0. The average molecular weight is 1110 g/mol. The number of rotatable bonds is 14. The zero-order valence-electron chi connectivity index (χ0n) is 50.8. The van der Waals surface area contributed by atoms with Crippen LogP contribution in [0.4, 0.5) is 62.6 Å². The van der Waals surface area contributed by atoms with Gasteiger partial charge < -0.3 is 19.6 Å². The molecule has 11 aromatic carbocycles. The zero-order chi connectivity index (χ0) is 59.4. The Morgan fingerprint density at radius 2 is 0.512 bits per heavy atom. The Labute approximate surface area is 509 Å². The van der Waals surface area contributed by atoms with E-state index in [0.717, 1.165) is 73.8 Å². The van der Waals surface area contributed by atoms with Gasteiger partial charge in [-0.2, -0.15) is 0 Å². The van der Waals surface area contributed by atoms with Crippen molar-refractivity contribution in [1.29, 1.82) is 0 Å². The number of nitrogens with zero attached hydrogens (tertiary/aromatic N) is 4. The highest BCUT2D eigenvalue weighted by atomic mass is 15.2. The van der Waals surface area contributed by atoms with Gasteiger partial charge in [0.15, 0.2) is 0 Å². The molecule has 0 saturated heterocycles. The Hall–Kier alpha value is -10.2. The topological polar surface area (TPSA) is 13.0 Å². The van der Waals surface area contributed by atoms with Gasteiger partial charge in [0, 0.05) is 68.3 Å². The van der Waals surface area contributed by atoms with Crippen LogP contribution in [-0.2, 0) is 5.41 Å². The van der Waals surface area contributed by atoms with Crippen molar-refractivity contribution in [3.05, 3.63) is 340 Å². The summed E-state index contributed by atoms with van der Waals surface area (Å²) in [6, 6.07) is 91.7. The number of anilines is 11. The van der Waals surface area contributed by atoms with Crippen LogP contribution in [0.3, 0.4) is 0 Å². The first-order valence-electron chi connectivity index (χ1n) is 30.0. The Bertz CT molecular complexity index is 3980. The van der Waals surface area contributed by atoms with Crippen molar-refractivity contribution < 1.29 is 0 Å². The monoisotopic (exact) mass is 1110 g/mol. The molecule has 2 aliphatic carbocycles. The van der Waals surface area contributed by atoms with Crippen molar-refractivity contribution >= 4 is 62.6 Å². The highest BCUT2D eigenvalue weighted by Crippen LogP contribution is 2.65. The third-order valence-corrected chi connectivity index (χ3v) is 17.4. The molecule has 0 fully saturated rings. The summed E-state index contributed by atoms with van der Waals surface area (Å²) in [6.07, 6.45) is 6.53. The summed E-state index contributed by atoms with van der Waals surface area (Å²) in [6.45, 7) is 23.6. The highest BCUT2D eigenvalue weighted by molar-refractivity contribution is 6.00. The van der Waals surface area contributed by atoms with Gasteiger partial charge in [0.25, 0.3) is 0 Å². The Balaban J connectivity index is 1.16. The zero-order valence-corrected chi connectivity index (χ0v) is 50.8. The van der Waals surface area contributed by atoms with Crippen LogP contribution >= 0.6 is 0 Å². The van der Waals surface area contributed by atoms with Crippen LogP contribution < -0.4 is 19.6 Å². The van der Waals surface area contributed by atoms with Gasteiger partial charge >= 0.3 is 0 Å². The summed E-state index contributed by atoms with van der Waals surface area (Å²) >= 11 is 0. The minimum Gasteiger partial charge on any atom is -0.311 e. The number of hydrogen-bond acceptors (Lipinski definition) is 4. The van der Waals surface area contributed by atoms with E-state index in [1.54, 1.807) is 0 Å². The molecule has 0 amide bonds. The first-order chi connectivity index (χ1) is 41.7. The third kappa shape index (κ3) is 9.91. The average Bonchev–Trinajstić information content (AvgIpc) is 1.51. The molecule has 0 atom stereocenters. The van der Waals surface area contributed by atoms with E-state index in [-0.39, 0.29) is 0 Å². The van der Waals surface area contributed by atoms with Crippen molar-refractivity contribution in [2.24, 2.45) is 0 Å². The van der Waals surface area contributed by atoms with E-state index in [9.17, 15) is 0 Å². The van der Waals surface area contributed by atoms with Crippen LogP contribution in [0, 0.1) is 48.5 Å². The van der Waals surface area contributed by atoms with Crippen LogP contribution in [0.2, 0.25) is 0 Å². The molecule has 4 nitrogen and oxygen atoms in total. The van der Waals surface area contributed by atoms with E-state index in [1.807, 2.05) is 0 Å². The molecule has 1 spiro atoms. The van der Waals surface area contributed by atoms with Crippen LogP contribution in [0.5, 0.6) is 0 Å². The van der Waals surface area contributed by atoms with E-state index in [0.29, 0.717) is 0 Å². The maximum absolute atomic E-state index is 4.29. The van der Waals surface area contributed by atoms with Gasteiger partial charge in [-0.15, -0.1) is 0 Å². The lowest BCUT2D eigenvalue weighted by Gasteiger charge is -2.35. The van der Waals surface area contributed by atoms with Crippen molar-refractivity contribution in [2.45, 2.75) is 67.7 Å². The first-order valence-corrected chi connectivity index (χ1v) is 30.0. The number of fused-ring (bicyclic) bond motifs is 10. The van der Waals surface area contributed by atoms with Crippen LogP contribution in [0.25, 0.3) is 22.3 Å². The molecule has 2 aliphatic rings. The van der Waals surface area contributed by atoms with E-state index in [4.69, 9.17) is 0 Å². The minimum atomic E-state index is -0.860. The number of allylic oxidation sites excluding steroid dienone is 4. The number of hydrogen-bond donors (Lipinski definition) is 0. The quantitative estimate of drug-likeness (QED) is 0.101. The predicted octanol–water partition coefficient (Wildman–Crippen LogP) is 22.8. The molecule has 0 N–H and O–H groups in total. The molecule has 86 heavy (non-hydrogen) atoms. The van der Waals surface area contributed by atoms with Gasteiger partial charge in [-0.1, -0.05) is 172 Å². The molecule has 11 aromatic rings. The van der Waals surface area contributed by atoms with E-state index < -0.39 is 5.41 Å². The van der Waals surface area contributed by atoms with Crippen molar-refractivity contribution in [3.63, 3.8) is 0 Å². The fraction of sp³-hybridized carbons (Fsp3) is 0.122. The second-order valence-corrected chi connectivity index (χ2v) is 23.8. The van der Waals surface area contributed by atoms with Crippen LogP contribution in [0.1, 0.15) is 75.0 Å². The molecule has 0 aromatic heterocycles. The minimum absolute atomic E-state index is 0.860. The molecule has 0 bridgehead atoms. The summed E-state index contributed by atoms with van der Waals surface area (Å²) in [4.78, 5) is 9.71. The molecule has 420 valence electrons. The van der Waals surface area contributed by atoms with Crippen molar-refractivity contribution in [3.8, 4) is 22.3 Å². The van der Waals surface area contributed by atoms with Crippen LogP contribution in [0.15, 0.2) is 279 Å². The second kappa shape index (κ2) is 22.4. The standard InChI is InChI=1S/C82H72N4/c1-11-62(27-12-54(2)3)83(63-28-13-55(4)14-29-63)70-42-46-74-75-47-43-71(84(64-30-15-56(5)16-31-64)65-32-17-57(6)18-33-65)51-79(75)82(78(74)50-70)80-52-72(85(66-34-19-58(7)20-35-66)67-36-21-59(8)22-37-67)44-48-76(80)77-49-45-73(53-81(77)82)86(68-38-23-60(9)24-39-68)69-40-25-61(10)26-41-69/h11-53H,2H2,1,3-10H3/b27-12-,62-11+. The number of aryl methyl sites for hydroxylation is 7. The van der Waals surface area contributed by atoms with Gasteiger partial charge in [0.1, 0.15) is 0 Å².